The maximum Gasteiger partial charge on any atom is 0.167 e. The molecule has 6 heteroatoms. The van der Waals surface area contributed by atoms with Gasteiger partial charge in [0.15, 0.2) is 11.6 Å². The first-order chi connectivity index (χ1) is 9.65. The first-order valence-electron chi connectivity index (χ1n) is 6.34. The lowest BCUT2D eigenvalue weighted by Gasteiger charge is -2.11. The summed E-state index contributed by atoms with van der Waals surface area (Å²) in [5.74, 6) is 0.389. The van der Waals surface area contributed by atoms with Gasteiger partial charge in [0.2, 0.25) is 0 Å². The van der Waals surface area contributed by atoms with E-state index in [1.807, 2.05) is 13.8 Å². The van der Waals surface area contributed by atoms with Crippen molar-refractivity contribution in [3.8, 4) is 5.75 Å². The molecule has 1 N–H and O–H groups in total. The Hall–Kier alpha value is -1.88. The molecule has 0 saturated heterocycles. The van der Waals surface area contributed by atoms with Crippen LogP contribution in [0, 0.1) is 5.82 Å². The highest BCUT2D eigenvalue weighted by Crippen LogP contribution is 2.26. The molecule has 1 heterocycles. The number of halogens is 2. The summed E-state index contributed by atoms with van der Waals surface area (Å²) in [7, 11) is 0. The van der Waals surface area contributed by atoms with Gasteiger partial charge in [0.1, 0.15) is 17.3 Å². The van der Waals surface area contributed by atoms with Gasteiger partial charge in [0, 0.05) is 17.3 Å². The summed E-state index contributed by atoms with van der Waals surface area (Å²) in [5.41, 5.74) is 1.37. The zero-order chi connectivity index (χ0) is 14.5. The average Bonchev–Trinajstić information content (AvgIpc) is 2.42. The van der Waals surface area contributed by atoms with Crippen molar-refractivity contribution in [2.45, 2.75) is 20.3 Å². The Kier molecular flexibility index (Phi) is 4.74. The van der Waals surface area contributed by atoms with Crippen molar-refractivity contribution in [1.29, 1.82) is 0 Å². The molecule has 0 fully saturated rings. The lowest BCUT2D eigenvalue weighted by molar-refractivity contribution is 0.321. The van der Waals surface area contributed by atoms with Gasteiger partial charge in [-0.3, -0.25) is 0 Å². The molecule has 0 aliphatic heterocycles. The molecule has 0 saturated carbocycles. The van der Waals surface area contributed by atoms with E-state index in [4.69, 9.17) is 16.3 Å². The molecule has 20 heavy (non-hydrogen) atoms. The van der Waals surface area contributed by atoms with E-state index in [1.165, 1.54) is 12.4 Å². The molecule has 106 valence electrons. The first-order valence-corrected chi connectivity index (χ1v) is 6.72. The largest absolute Gasteiger partial charge is 0.491 e. The minimum absolute atomic E-state index is 0.231. The van der Waals surface area contributed by atoms with Crippen molar-refractivity contribution < 1.29 is 9.13 Å². The molecular weight excluding hydrogens is 281 g/mol. The minimum Gasteiger partial charge on any atom is -0.491 e. The predicted octanol–water partition coefficient (Wildman–Crippen LogP) is 3.97. The summed E-state index contributed by atoms with van der Waals surface area (Å²) in [4.78, 5) is 8.06. The summed E-state index contributed by atoms with van der Waals surface area (Å²) >= 11 is 6.01. The molecule has 0 atom stereocenters. The number of anilines is 2. The van der Waals surface area contributed by atoms with Crippen LogP contribution in [0.5, 0.6) is 5.75 Å². The highest BCUT2D eigenvalue weighted by atomic mass is 35.5. The fourth-order valence-corrected chi connectivity index (χ4v) is 2.07. The second-order valence-corrected chi connectivity index (χ2v) is 4.41. The van der Waals surface area contributed by atoms with Crippen LogP contribution in [0.25, 0.3) is 0 Å². The van der Waals surface area contributed by atoms with Crippen LogP contribution in [0.4, 0.5) is 15.9 Å². The molecule has 2 rings (SSSR count). The summed E-state index contributed by atoms with van der Waals surface area (Å²) in [6.45, 7) is 4.18. The minimum atomic E-state index is -0.421. The Bertz CT molecular complexity index is 607. The SMILES string of the molecule is CCOc1ccc(Nc2ncnc(Cl)c2CC)cc1F. The standard InChI is InChI=1S/C14H15ClFN3O/c1-3-10-13(15)17-8-18-14(10)19-9-5-6-12(20-4-2)11(16)7-9/h5-8H,3-4H2,1-2H3,(H,17,18,19). The van der Waals surface area contributed by atoms with Crippen LogP contribution in [0.3, 0.4) is 0 Å². The normalized spacial score (nSPS) is 10.4. The fraction of sp³-hybridized carbons (Fsp3) is 0.286. The smallest absolute Gasteiger partial charge is 0.167 e. The monoisotopic (exact) mass is 295 g/mol. The lowest BCUT2D eigenvalue weighted by Crippen LogP contribution is -2.01. The van der Waals surface area contributed by atoms with E-state index in [0.29, 0.717) is 29.7 Å². The van der Waals surface area contributed by atoms with Crippen LogP contribution < -0.4 is 10.1 Å². The van der Waals surface area contributed by atoms with Crippen LogP contribution in [0.15, 0.2) is 24.5 Å². The first kappa shape index (κ1) is 14.5. The molecule has 0 unspecified atom stereocenters. The molecule has 0 spiro atoms. The number of rotatable bonds is 5. The van der Waals surface area contributed by atoms with E-state index in [1.54, 1.807) is 12.1 Å². The van der Waals surface area contributed by atoms with Crippen LogP contribution in [-0.2, 0) is 6.42 Å². The maximum atomic E-state index is 13.8. The predicted molar refractivity (Wildman–Crippen MR) is 77.3 cm³/mol. The van der Waals surface area contributed by atoms with Crippen LogP contribution in [-0.4, -0.2) is 16.6 Å². The Balaban J connectivity index is 2.26. The number of hydrogen-bond acceptors (Lipinski definition) is 4. The van der Waals surface area contributed by atoms with Crippen LogP contribution in [0.1, 0.15) is 19.4 Å². The van der Waals surface area contributed by atoms with Gasteiger partial charge in [-0.05, 0) is 25.5 Å². The number of hydrogen-bond donors (Lipinski definition) is 1. The second kappa shape index (κ2) is 6.52. The van der Waals surface area contributed by atoms with Crippen molar-refractivity contribution in [3.05, 3.63) is 41.1 Å². The summed E-state index contributed by atoms with van der Waals surface area (Å²) in [5, 5.41) is 3.44. The van der Waals surface area contributed by atoms with E-state index in [-0.39, 0.29) is 5.75 Å². The lowest BCUT2D eigenvalue weighted by atomic mass is 10.2. The third-order valence-electron chi connectivity index (χ3n) is 2.74. The quantitative estimate of drug-likeness (QED) is 0.848. The van der Waals surface area contributed by atoms with Crippen LogP contribution >= 0.6 is 11.6 Å². The van der Waals surface area contributed by atoms with Gasteiger partial charge in [-0.2, -0.15) is 0 Å². The van der Waals surface area contributed by atoms with Gasteiger partial charge in [0.05, 0.1) is 6.61 Å². The maximum absolute atomic E-state index is 13.8. The number of ether oxygens (including phenoxy) is 1. The van der Waals surface area contributed by atoms with Gasteiger partial charge in [0.25, 0.3) is 0 Å². The molecule has 2 aromatic rings. The zero-order valence-electron chi connectivity index (χ0n) is 11.3. The molecule has 0 radical (unpaired) electrons. The van der Waals surface area contributed by atoms with Gasteiger partial charge in [-0.15, -0.1) is 0 Å². The van der Waals surface area contributed by atoms with Crippen molar-refractivity contribution >= 4 is 23.1 Å². The van der Waals surface area contributed by atoms with E-state index in [9.17, 15) is 4.39 Å². The third kappa shape index (κ3) is 3.17. The third-order valence-corrected chi connectivity index (χ3v) is 3.07. The Morgan fingerprint density at radius 3 is 2.75 bits per heavy atom. The average molecular weight is 296 g/mol. The van der Waals surface area contributed by atoms with Crippen molar-refractivity contribution in [3.63, 3.8) is 0 Å². The summed E-state index contributed by atoms with van der Waals surface area (Å²) < 4.78 is 18.9. The van der Waals surface area contributed by atoms with Crippen molar-refractivity contribution in [2.24, 2.45) is 0 Å². The number of aromatic nitrogens is 2. The molecule has 0 bridgehead atoms. The zero-order valence-corrected chi connectivity index (χ0v) is 12.0. The molecule has 1 aromatic carbocycles. The highest BCUT2D eigenvalue weighted by molar-refractivity contribution is 6.30. The van der Waals surface area contributed by atoms with E-state index < -0.39 is 5.82 Å². The molecule has 0 aliphatic carbocycles. The van der Waals surface area contributed by atoms with E-state index >= 15 is 0 Å². The molecule has 0 aliphatic rings. The molecule has 0 amide bonds. The molecule has 4 nitrogen and oxygen atoms in total. The second-order valence-electron chi connectivity index (χ2n) is 4.05. The van der Waals surface area contributed by atoms with Gasteiger partial charge in [-0.25, -0.2) is 14.4 Å². The van der Waals surface area contributed by atoms with Crippen molar-refractivity contribution in [2.75, 3.05) is 11.9 Å². The number of nitrogens with zero attached hydrogens (tertiary/aromatic N) is 2. The van der Waals surface area contributed by atoms with E-state index in [0.717, 1.165) is 5.56 Å². The van der Waals surface area contributed by atoms with Gasteiger partial charge < -0.3 is 10.1 Å². The topological polar surface area (TPSA) is 47.0 Å². The van der Waals surface area contributed by atoms with E-state index in [2.05, 4.69) is 15.3 Å². The van der Waals surface area contributed by atoms with Gasteiger partial charge in [-0.1, -0.05) is 18.5 Å². The van der Waals surface area contributed by atoms with Gasteiger partial charge >= 0.3 is 0 Å². The van der Waals surface area contributed by atoms with Crippen molar-refractivity contribution in [1.82, 2.24) is 9.97 Å². The number of nitrogens with one attached hydrogen (secondary N) is 1. The summed E-state index contributed by atoms with van der Waals surface area (Å²) in [6, 6.07) is 4.67. The number of benzene rings is 1. The van der Waals surface area contributed by atoms with Crippen LogP contribution in [0.2, 0.25) is 5.15 Å². The molecular formula is C14H15ClFN3O. The Morgan fingerprint density at radius 2 is 2.10 bits per heavy atom. The molecule has 1 aromatic heterocycles. The fourth-order valence-electron chi connectivity index (χ4n) is 1.80. The Morgan fingerprint density at radius 1 is 1.30 bits per heavy atom. The Labute approximate surface area is 122 Å². The highest BCUT2D eigenvalue weighted by Gasteiger charge is 2.10. The summed E-state index contributed by atoms with van der Waals surface area (Å²) in [6.07, 6.45) is 2.05.